The Balaban J connectivity index is 1.59. The average molecular weight is 289 g/mol. The minimum absolute atomic E-state index is 0.194. The molecule has 0 aliphatic carbocycles. The molecule has 1 aromatic rings. The van der Waals surface area contributed by atoms with Crippen molar-refractivity contribution in [1.29, 1.82) is 0 Å². The molecule has 114 valence electrons. The van der Waals surface area contributed by atoms with Gasteiger partial charge in [0.1, 0.15) is 19.6 Å². The smallest absolute Gasteiger partial charge is 0.253 e. The summed E-state index contributed by atoms with van der Waals surface area (Å²) in [5.74, 6) is 0.194. The first-order valence-corrected chi connectivity index (χ1v) is 8.12. The number of benzene rings is 1. The number of quaternary nitrogens is 1. The Labute approximate surface area is 126 Å². The molecule has 4 heteroatoms. The van der Waals surface area contributed by atoms with Crippen LogP contribution in [0, 0.1) is 0 Å². The van der Waals surface area contributed by atoms with E-state index >= 15 is 0 Å². The van der Waals surface area contributed by atoms with Crippen LogP contribution in [-0.2, 0) is 11.3 Å². The summed E-state index contributed by atoms with van der Waals surface area (Å²) in [4.78, 5) is 16.0. The van der Waals surface area contributed by atoms with Crippen LogP contribution in [0.25, 0.3) is 0 Å². The van der Waals surface area contributed by atoms with Crippen LogP contribution >= 0.6 is 0 Å². The zero-order valence-electron chi connectivity index (χ0n) is 12.6. The summed E-state index contributed by atoms with van der Waals surface area (Å²) in [5, 5.41) is 0. The predicted octanol–water partition coefficient (Wildman–Crippen LogP) is 0.728. The molecule has 2 heterocycles. The monoisotopic (exact) mass is 289 g/mol. The van der Waals surface area contributed by atoms with Gasteiger partial charge >= 0.3 is 0 Å². The molecule has 2 aliphatic heterocycles. The molecule has 2 aliphatic rings. The van der Waals surface area contributed by atoms with Crippen LogP contribution in [-0.4, -0.2) is 50.2 Å². The maximum Gasteiger partial charge on any atom is 0.253 e. The summed E-state index contributed by atoms with van der Waals surface area (Å²) in [6.07, 6.45) is 3.54. The van der Waals surface area contributed by atoms with Crippen molar-refractivity contribution < 1.29 is 14.4 Å². The maximum absolute atomic E-state index is 12.4. The fourth-order valence-electron chi connectivity index (χ4n) is 3.17. The second-order valence-corrected chi connectivity index (χ2v) is 6.09. The quantitative estimate of drug-likeness (QED) is 0.890. The molecule has 2 saturated heterocycles. The maximum atomic E-state index is 12.4. The molecular formula is C17H25N2O2+. The van der Waals surface area contributed by atoms with Gasteiger partial charge in [-0.2, -0.15) is 0 Å². The van der Waals surface area contributed by atoms with Crippen LogP contribution in [0.3, 0.4) is 0 Å². The zero-order chi connectivity index (χ0) is 14.5. The first-order chi connectivity index (χ1) is 10.3. The standard InChI is InChI=1S/C17H24N2O2/c20-17(19-8-2-1-3-9-19)16-6-4-15(5-7-16)14-18-10-12-21-13-11-18/h4-7H,1-3,8-14H2/p+1. The van der Waals surface area contributed by atoms with E-state index in [-0.39, 0.29) is 5.91 Å². The first kappa shape index (κ1) is 14.5. The van der Waals surface area contributed by atoms with E-state index in [4.69, 9.17) is 4.74 Å². The first-order valence-electron chi connectivity index (χ1n) is 8.12. The fraction of sp³-hybridized carbons (Fsp3) is 0.588. The lowest BCUT2D eigenvalue weighted by Crippen LogP contribution is -3.12. The number of hydrogen-bond donors (Lipinski definition) is 1. The fourth-order valence-corrected chi connectivity index (χ4v) is 3.17. The average Bonchev–Trinajstić information content (AvgIpc) is 2.57. The number of hydrogen-bond acceptors (Lipinski definition) is 2. The van der Waals surface area contributed by atoms with E-state index < -0.39 is 0 Å². The zero-order valence-corrected chi connectivity index (χ0v) is 12.6. The Hall–Kier alpha value is -1.39. The third kappa shape index (κ3) is 3.83. The largest absolute Gasteiger partial charge is 0.370 e. The van der Waals surface area contributed by atoms with E-state index in [1.54, 1.807) is 4.90 Å². The molecule has 0 aromatic heterocycles. The van der Waals surface area contributed by atoms with E-state index in [9.17, 15) is 4.79 Å². The number of nitrogens with zero attached hydrogens (tertiary/aromatic N) is 1. The third-order valence-corrected chi connectivity index (χ3v) is 4.50. The lowest BCUT2D eigenvalue weighted by molar-refractivity contribution is -0.921. The molecule has 0 radical (unpaired) electrons. The highest BCUT2D eigenvalue weighted by atomic mass is 16.5. The van der Waals surface area contributed by atoms with E-state index in [1.807, 2.05) is 17.0 Å². The van der Waals surface area contributed by atoms with Gasteiger partial charge in [0.05, 0.1) is 13.2 Å². The molecule has 21 heavy (non-hydrogen) atoms. The molecule has 3 rings (SSSR count). The van der Waals surface area contributed by atoms with Crippen molar-refractivity contribution in [2.24, 2.45) is 0 Å². The van der Waals surface area contributed by atoms with Gasteiger partial charge in [0.2, 0.25) is 0 Å². The summed E-state index contributed by atoms with van der Waals surface area (Å²) in [6, 6.07) is 8.21. The van der Waals surface area contributed by atoms with Gasteiger partial charge in [0.25, 0.3) is 5.91 Å². The number of amides is 1. The minimum Gasteiger partial charge on any atom is -0.370 e. The third-order valence-electron chi connectivity index (χ3n) is 4.50. The van der Waals surface area contributed by atoms with Crippen LogP contribution in [0.1, 0.15) is 35.2 Å². The molecule has 2 fully saturated rings. The number of rotatable bonds is 3. The highest BCUT2D eigenvalue weighted by molar-refractivity contribution is 5.94. The lowest BCUT2D eigenvalue weighted by atomic mass is 10.1. The van der Waals surface area contributed by atoms with Gasteiger partial charge in [0.15, 0.2) is 0 Å². The molecule has 0 saturated carbocycles. The Kier molecular flexibility index (Phi) is 4.88. The highest BCUT2D eigenvalue weighted by Gasteiger charge is 2.18. The number of carbonyl (C=O) groups is 1. The molecule has 0 atom stereocenters. The van der Waals surface area contributed by atoms with E-state index in [2.05, 4.69) is 12.1 Å². The Morgan fingerprint density at radius 1 is 1.05 bits per heavy atom. The summed E-state index contributed by atoms with van der Waals surface area (Å²) in [7, 11) is 0. The van der Waals surface area contributed by atoms with Crippen molar-refractivity contribution in [2.45, 2.75) is 25.8 Å². The van der Waals surface area contributed by atoms with Crippen molar-refractivity contribution in [1.82, 2.24) is 4.90 Å². The van der Waals surface area contributed by atoms with Gasteiger partial charge in [-0.25, -0.2) is 0 Å². The van der Waals surface area contributed by atoms with Crippen molar-refractivity contribution in [2.75, 3.05) is 39.4 Å². The molecule has 4 nitrogen and oxygen atoms in total. The molecule has 1 amide bonds. The predicted molar refractivity (Wildman–Crippen MR) is 81.4 cm³/mol. The number of morpholine rings is 1. The second-order valence-electron chi connectivity index (χ2n) is 6.09. The van der Waals surface area contributed by atoms with Gasteiger partial charge in [-0.05, 0) is 31.4 Å². The van der Waals surface area contributed by atoms with Gasteiger partial charge in [-0.3, -0.25) is 4.79 Å². The van der Waals surface area contributed by atoms with Crippen LogP contribution in [0.5, 0.6) is 0 Å². The van der Waals surface area contributed by atoms with E-state index in [1.165, 1.54) is 12.0 Å². The summed E-state index contributed by atoms with van der Waals surface area (Å²) in [5.41, 5.74) is 2.14. The molecule has 1 N–H and O–H groups in total. The summed E-state index contributed by atoms with van der Waals surface area (Å²) in [6.45, 7) is 6.74. The highest BCUT2D eigenvalue weighted by Crippen LogP contribution is 2.13. The van der Waals surface area contributed by atoms with Gasteiger partial charge in [-0.15, -0.1) is 0 Å². The molecule has 0 spiro atoms. The number of carbonyl (C=O) groups excluding carboxylic acids is 1. The second kappa shape index (κ2) is 7.05. The summed E-state index contributed by atoms with van der Waals surface area (Å²) >= 11 is 0. The van der Waals surface area contributed by atoms with Crippen LogP contribution < -0.4 is 4.90 Å². The van der Waals surface area contributed by atoms with E-state index in [0.717, 1.165) is 64.3 Å². The number of ether oxygens (including phenoxy) is 1. The lowest BCUT2D eigenvalue weighted by Gasteiger charge is -2.27. The van der Waals surface area contributed by atoms with Gasteiger partial charge < -0.3 is 14.5 Å². The molecule has 1 aromatic carbocycles. The number of piperidine rings is 1. The van der Waals surface area contributed by atoms with E-state index in [0.29, 0.717) is 0 Å². The normalized spacial score (nSPS) is 20.5. The number of likely N-dealkylation sites (tertiary alicyclic amines) is 1. The SMILES string of the molecule is O=C(c1ccc(C[NH+]2CCOCC2)cc1)N1CCCCC1. The summed E-state index contributed by atoms with van der Waals surface area (Å²) < 4.78 is 5.38. The van der Waals surface area contributed by atoms with Crippen LogP contribution in [0.4, 0.5) is 0 Å². The Morgan fingerprint density at radius 2 is 1.71 bits per heavy atom. The molecule has 0 bridgehead atoms. The molecule has 0 unspecified atom stereocenters. The topological polar surface area (TPSA) is 34.0 Å². The molecular weight excluding hydrogens is 264 g/mol. The Morgan fingerprint density at radius 3 is 2.38 bits per heavy atom. The van der Waals surface area contributed by atoms with Crippen molar-refractivity contribution >= 4 is 5.91 Å². The van der Waals surface area contributed by atoms with Crippen molar-refractivity contribution in [3.63, 3.8) is 0 Å². The minimum atomic E-state index is 0.194. The Bertz CT molecular complexity index is 460. The van der Waals surface area contributed by atoms with Crippen LogP contribution in [0.2, 0.25) is 0 Å². The van der Waals surface area contributed by atoms with Crippen LogP contribution in [0.15, 0.2) is 24.3 Å². The van der Waals surface area contributed by atoms with Gasteiger partial charge in [0, 0.05) is 24.2 Å². The van der Waals surface area contributed by atoms with Crippen molar-refractivity contribution in [3.8, 4) is 0 Å². The van der Waals surface area contributed by atoms with Gasteiger partial charge in [-0.1, -0.05) is 12.1 Å². The number of nitrogens with one attached hydrogen (secondary N) is 1. The van der Waals surface area contributed by atoms with Crippen molar-refractivity contribution in [3.05, 3.63) is 35.4 Å².